The van der Waals surface area contributed by atoms with Crippen molar-refractivity contribution in [3.63, 3.8) is 0 Å². The van der Waals surface area contributed by atoms with Gasteiger partial charge >= 0.3 is 5.97 Å². The topological polar surface area (TPSA) is 66.4 Å². The fourth-order valence-corrected chi connectivity index (χ4v) is 3.30. The second kappa shape index (κ2) is 8.28. The Balaban J connectivity index is 2.67. The number of rotatable bonds is 6. The zero-order valence-electron chi connectivity index (χ0n) is 13.0. The second-order valence-corrected chi connectivity index (χ2v) is 6.06. The smallest absolute Gasteiger partial charge is 0.308 e. The molecule has 4 heteroatoms. The van der Waals surface area contributed by atoms with Crippen molar-refractivity contribution in [2.45, 2.75) is 71.8 Å². The van der Waals surface area contributed by atoms with E-state index in [1.54, 1.807) is 0 Å². The van der Waals surface area contributed by atoms with Gasteiger partial charge in [-0.2, -0.15) is 0 Å². The molecule has 0 saturated heterocycles. The van der Waals surface area contributed by atoms with Crippen molar-refractivity contribution in [1.82, 2.24) is 5.32 Å². The Morgan fingerprint density at radius 2 is 1.75 bits per heavy atom. The van der Waals surface area contributed by atoms with Gasteiger partial charge in [0.1, 0.15) is 0 Å². The maximum Gasteiger partial charge on any atom is 0.308 e. The van der Waals surface area contributed by atoms with Crippen LogP contribution in [-0.2, 0) is 9.59 Å². The van der Waals surface area contributed by atoms with E-state index in [2.05, 4.69) is 19.2 Å². The van der Waals surface area contributed by atoms with Crippen LogP contribution in [0.25, 0.3) is 0 Å². The Morgan fingerprint density at radius 3 is 2.30 bits per heavy atom. The molecule has 2 N–H and O–H groups in total. The monoisotopic (exact) mass is 283 g/mol. The van der Waals surface area contributed by atoms with Crippen molar-refractivity contribution in [2.75, 3.05) is 0 Å². The van der Waals surface area contributed by atoms with Crippen molar-refractivity contribution >= 4 is 11.9 Å². The molecular weight excluding hydrogens is 254 g/mol. The fourth-order valence-electron chi connectivity index (χ4n) is 3.30. The normalized spacial score (nSPS) is 25.0. The maximum atomic E-state index is 12.3. The standard InChI is InChI=1S/C16H29NO3/c1-4-12(5-2)11(3)15(18)17-14-10-8-6-7-9-13(14)16(19)20/h11-14H,4-10H2,1-3H3,(H,17,18)(H,19,20)/t11?,13-,14+/m1/s1. The Bertz CT molecular complexity index is 326. The summed E-state index contributed by atoms with van der Waals surface area (Å²) < 4.78 is 0. The summed E-state index contributed by atoms with van der Waals surface area (Å²) in [4.78, 5) is 23.7. The molecule has 0 heterocycles. The van der Waals surface area contributed by atoms with Crippen LogP contribution in [0, 0.1) is 17.8 Å². The first-order valence-electron chi connectivity index (χ1n) is 8.04. The van der Waals surface area contributed by atoms with E-state index in [9.17, 15) is 14.7 Å². The number of aliphatic carboxylic acids is 1. The molecule has 0 radical (unpaired) electrons. The third kappa shape index (κ3) is 4.50. The molecule has 0 aromatic carbocycles. The number of nitrogens with one attached hydrogen (secondary N) is 1. The predicted octanol–water partition coefficient (Wildman–Crippen LogP) is 3.21. The number of carboxylic acids is 1. The van der Waals surface area contributed by atoms with Gasteiger partial charge in [-0.1, -0.05) is 52.9 Å². The van der Waals surface area contributed by atoms with Crippen LogP contribution in [0.2, 0.25) is 0 Å². The molecule has 20 heavy (non-hydrogen) atoms. The highest BCUT2D eigenvalue weighted by Crippen LogP contribution is 2.25. The first-order chi connectivity index (χ1) is 9.51. The molecule has 4 nitrogen and oxygen atoms in total. The van der Waals surface area contributed by atoms with E-state index in [-0.39, 0.29) is 17.9 Å². The SMILES string of the molecule is CCC(CC)C(C)C(=O)N[C@H]1CCCCC[C@H]1C(=O)O. The molecule has 0 aromatic rings. The molecule has 1 amide bonds. The molecule has 1 fully saturated rings. The zero-order chi connectivity index (χ0) is 15.1. The third-order valence-electron chi connectivity index (χ3n) is 4.83. The van der Waals surface area contributed by atoms with Crippen LogP contribution < -0.4 is 5.32 Å². The summed E-state index contributed by atoms with van der Waals surface area (Å²) in [6, 6.07) is -0.195. The molecule has 1 unspecified atom stereocenters. The van der Waals surface area contributed by atoms with E-state index < -0.39 is 11.9 Å². The summed E-state index contributed by atoms with van der Waals surface area (Å²) in [6.07, 6.45) is 6.46. The first-order valence-corrected chi connectivity index (χ1v) is 8.04. The van der Waals surface area contributed by atoms with Crippen LogP contribution in [0.4, 0.5) is 0 Å². The van der Waals surface area contributed by atoms with Crippen LogP contribution in [0.5, 0.6) is 0 Å². The lowest BCUT2D eigenvalue weighted by molar-refractivity contribution is -0.143. The van der Waals surface area contributed by atoms with Gasteiger partial charge in [-0.15, -0.1) is 0 Å². The molecule has 1 aliphatic rings. The van der Waals surface area contributed by atoms with E-state index >= 15 is 0 Å². The van der Waals surface area contributed by atoms with Crippen LogP contribution in [0.1, 0.15) is 65.7 Å². The summed E-state index contributed by atoms with van der Waals surface area (Å²) in [5, 5.41) is 12.4. The Kier molecular flexibility index (Phi) is 7.03. The molecule has 0 spiro atoms. The van der Waals surface area contributed by atoms with Gasteiger partial charge in [0.2, 0.25) is 5.91 Å². The Hall–Kier alpha value is -1.06. The van der Waals surface area contributed by atoms with Crippen molar-refractivity contribution in [3.8, 4) is 0 Å². The maximum absolute atomic E-state index is 12.3. The highest BCUT2D eigenvalue weighted by molar-refractivity contribution is 5.80. The summed E-state index contributed by atoms with van der Waals surface area (Å²) >= 11 is 0. The van der Waals surface area contributed by atoms with Crippen molar-refractivity contribution in [3.05, 3.63) is 0 Å². The second-order valence-electron chi connectivity index (χ2n) is 6.06. The van der Waals surface area contributed by atoms with Gasteiger partial charge in [0.15, 0.2) is 0 Å². The van der Waals surface area contributed by atoms with E-state index in [1.165, 1.54) is 0 Å². The van der Waals surface area contributed by atoms with Crippen molar-refractivity contribution < 1.29 is 14.7 Å². The van der Waals surface area contributed by atoms with E-state index in [4.69, 9.17) is 0 Å². The van der Waals surface area contributed by atoms with Crippen molar-refractivity contribution in [1.29, 1.82) is 0 Å². The average Bonchev–Trinajstić information content (AvgIpc) is 2.65. The van der Waals surface area contributed by atoms with Crippen LogP contribution in [0.3, 0.4) is 0 Å². The van der Waals surface area contributed by atoms with E-state index in [0.29, 0.717) is 12.3 Å². The van der Waals surface area contributed by atoms with Gasteiger partial charge < -0.3 is 10.4 Å². The Morgan fingerprint density at radius 1 is 1.15 bits per heavy atom. The lowest BCUT2D eigenvalue weighted by Crippen LogP contribution is -2.45. The van der Waals surface area contributed by atoms with Gasteiger partial charge in [-0.25, -0.2) is 0 Å². The minimum Gasteiger partial charge on any atom is -0.481 e. The number of carboxylic acid groups (broad SMARTS) is 1. The van der Waals surface area contributed by atoms with Crippen molar-refractivity contribution in [2.24, 2.45) is 17.8 Å². The third-order valence-corrected chi connectivity index (χ3v) is 4.83. The molecule has 0 aromatic heterocycles. The zero-order valence-corrected chi connectivity index (χ0v) is 13.0. The predicted molar refractivity (Wildman–Crippen MR) is 79.4 cm³/mol. The minimum atomic E-state index is -0.771. The van der Waals surface area contributed by atoms with Crippen LogP contribution in [0.15, 0.2) is 0 Å². The van der Waals surface area contributed by atoms with E-state index in [1.807, 2.05) is 6.92 Å². The molecule has 1 rings (SSSR count). The highest BCUT2D eigenvalue weighted by Gasteiger charge is 2.32. The number of hydrogen-bond acceptors (Lipinski definition) is 2. The summed E-state index contributed by atoms with van der Waals surface area (Å²) in [6.45, 7) is 6.16. The van der Waals surface area contributed by atoms with Crippen LogP contribution in [-0.4, -0.2) is 23.0 Å². The largest absolute Gasteiger partial charge is 0.481 e. The number of hydrogen-bond donors (Lipinski definition) is 2. The Labute approximate surface area is 122 Å². The highest BCUT2D eigenvalue weighted by atomic mass is 16.4. The summed E-state index contributed by atoms with van der Waals surface area (Å²) in [7, 11) is 0. The molecule has 116 valence electrons. The number of carbonyl (C=O) groups is 2. The number of amides is 1. The minimum absolute atomic E-state index is 0.0249. The van der Waals surface area contributed by atoms with Gasteiger partial charge in [-0.05, 0) is 18.8 Å². The molecule has 0 aliphatic heterocycles. The lowest BCUT2D eigenvalue weighted by Gasteiger charge is -2.27. The lowest BCUT2D eigenvalue weighted by atomic mass is 9.87. The molecule has 0 bridgehead atoms. The molecular formula is C16H29NO3. The number of carbonyl (C=O) groups excluding carboxylic acids is 1. The van der Waals surface area contributed by atoms with Crippen LogP contribution >= 0.6 is 0 Å². The molecule has 1 aliphatic carbocycles. The average molecular weight is 283 g/mol. The van der Waals surface area contributed by atoms with Gasteiger partial charge in [0, 0.05) is 12.0 Å². The van der Waals surface area contributed by atoms with Gasteiger partial charge in [0.05, 0.1) is 5.92 Å². The summed E-state index contributed by atoms with van der Waals surface area (Å²) in [5.74, 6) is -0.827. The fraction of sp³-hybridized carbons (Fsp3) is 0.875. The van der Waals surface area contributed by atoms with Gasteiger partial charge in [-0.3, -0.25) is 9.59 Å². The first kappa shape index (κ1) is 17.0. The summed E-state index contributed by atoms with van der Waals surface area (Å²) in [5.41, 5.74) is 0. The van der Waals surface area contributed by atoms with E-state index in [0.717, 1.165) is 38.5 Å². The molecule has 3 atom stereocenters. The quantitative estimate of drug-likeness (QED) is 0.736. The van der Waals surface area contributed by atoms with Gasteiger partial charge in [0.25, 0.3) is 0 Å². The molecule has 1 saturated carbocycles.